The van der Waals surface area contributed by atoms with Crippen molar-refractivity contribution in [2.24, 2.45) is 0 Å². The maximum Gasteiger partial charge on any atom is 0.157 e. The van der Waals surface area contributed by atoms with Crippen molar-refractivity contribution in [2.75, 3.05) is 0 Å². The Kier molecular flexibility index (Phi) is 8.18. The second-order valence-corrected chi connectivity index (χ2v) is 13.8. The number of rotatable bonds is 2. The Morgan fingerprint density at radius 2 is 1.24 bits per heavy atom. The molecule has 7 aromatic carbocycles. The van der Waals surface area contributed by atoms with E-state index < -0.39 is 0 Å². The molecule has 249 valence electrons. The van der Waals surface area contributed by atoms with E-state index in [1.165, 1.54) is 65.7 Å². The number of hydrogen-bond acceptors (Lipinski definition) is 3. The van der Waals surface area contributed by atoms with Crippen molar-refractivity contribution >= 4 is 43.3 Å². The molecule has 4 heteroatoms. The van der Waals surface area contributed by atoms with Gasteiger partial charge in [0.15, 0.2) is 5.58 Å². The molecule has 0 spiro atoms. The van der Waals surface area contributed by atoms with Gasteiger partial charge in [-0.25, -0.2) is 0 Å². The van der Waals surface area contributed by atoms with Crippen LogP contribution in [0.4, 0.5) is 0 Å². The Hall–Kier alpha value is -5.41. The fourth-order valence-corrected chi connectivity index (χ4v) is 7.79. The fraction of sp³-hybridized carbons (Fsp3) is 0.106. The van der Waals surface area contributed by atoms with Gasteiger partial charge in [0.25, 0.3) is 0 Å². The molecule has 0 atom stereocenters. The third-order valence-electron chi connectivity index (χ3n) is 10.4. The Morgan fingerprint density at radius 1 is 0.608 bits per heavy atom. The van der Waals surface area contributed by atoms with Crippen molar-refractivity contribution in [3.05, 3.63) is 168 Å². The monoisotopic (exact) mass is 835 g/mol. The van der Waals surface area contributed by atoms with Gasteiger partial charge in [-0.3, -0.25) is 0 Å². The number of aromatic nitrogens is 2. The van der Waals surface area contributed by atoms with Crippen molar-refractivity contribution in [1.29, 1.82) is 0 Å². The van der Waals surface area contributed by atoms with Crippen LogP contribution in [0.2, 0.25) is 0 Å². The molecule has 10 rings (SSSR count). The molecule has 0 N–H and O–H groups in total. The minimum Gasteiger partial charge on any atom is -0.366 e. The van der Waals surface area contributed by atoms with E-state index in [0.29, 0.717) is 0 Å². The first-order chi connectivity index (χ1) is 24.4. The molecular weight excluding hydrogens is 801 g/mol. The van der Waals surface area contributed by atoms with Gasteiger partial charge >= 0.3 is 0 Å². The summed E-state index contributed by atoms with van der Waals surface area (Å²) in [7, 11) is 0. The van der Waals surface area contributed by atoms with Gasteiger partial charge in [0.1, 0.15) is 0 Å². The summed E-state index contributed by atoms with van der Waals surface area (Å²) in [6.07, 6.45) is 1.97. The third-order valence-corrected chi connectivity index (χ3v) is 10.4. The molecule has 9 aromatic rings. The molecule has 0 saturated carbocycles. The van der Waals surface area contributed by atoms with Crippen LogP contribution in [-0.4, -0.2) is 10.1 Å². The normalized spacial score (nSPS) is 12.7. The summed E-state index contributed by atoms with van der Waals surface area (Å²) in [5.74, 6) is 0. The molecule has 51 heavy (non-hydrogen) atoms. The Morgan fingerprint density at radius 3 is 1.96 bits per heavy atom. The summed E-state index contributed by atoms with van der Waals surface area (Å²) in [4.78, 5) is 4.68. The van der Waals surface area contributed by atoms with E-state index in [1.807, 2.05) is 36.5 Å². The van der Waals surface area contributed by atoms with Gasteiger partial charge in [0.05, 0.1) is 0 Å². The average Bonchev–Trinajstić information content (AvgIpc) is 3.70. The largest absolute Gasteiger partial charge is 0.366 e. The first-order valence-electron chi connectivity index (χ1n) is 17.1. The number of fused-ring (bicyclic) bond motifs is 10. The van der Waals surface area contributed by atoms with Gasteiger partial charge in [0, 0.05) is 37.4 Å². The maximum atomic E-state index is 5.50. The first kappa shape index (κ1) is 32.8. The van der Waals surface area contributed by atoms with Crippen LogP contribution < -0.4 is 0 Å². The van der Waals surface area contributed by atoms with Crippen LogP contribution in [0.25, 0.3) is 76.9 Å². The molecule has 0 bridgehead atoms. The molecule has 0 unspecified atom stereocenters. The minimum absolute atomic E-state index is 0. The van der Waals surface area contributed by atoms with E-state index in [9.17, 15) is 0 Å². The maximum absolute atomic E-state index is 5.50. The predicted octanol–water partition coefficient (Wildman–Crippen LogP) is 12.2. The number of para-hydroxylation sites is 1. The summed E-state index contributed by atoms with van der Waals surface area (Å²) in [6, 6.07) is 51.4. The number of pyridine rings is 1. The minimum atomic E-state index is -0.0283. The predicted molar refractivity (Wildman–Crippen MR) is 206 cm³/mol. The summed E-state index contributed by atoms with van der Waals surface area (Å²) in [6.45, 7) is 8.85. The SMILES string of the molecule is Cc1cnc(-c2[c-]ccc3c2C(C)(C)c2ccccc2-3)cc1C.[Ir].[c-]1cc2c3ccccc3c3ccccc3c2cc1-c1noc2ccccc12. The summed E-state index contributed by atoms with van der Waals surface area (Å²) < 4.78 is 5.50. The zero-order valence-corrected chi connectivity index (χ0v) is 31.2. The van der Waals surface area contributed by atoms with Crippen LogP contribution >= 0.6 is 0 Å². The fourth-order valence-electron chi connectivity index (χ4n) is 7.79. The molecule has 0 saturated heterocycles. The van der Waals surface area contributed by atoms with Gasteiger partial charge in [-0.15, -0.1) is 58.2 Å². The van der Waals surface area contributed by atoms with E-state index in [-0.39, 0.29) is 25.5 Å². The second kappa shape index (κ2) is 12.7. The van der Waals surface area contributed by atoms with Crippen molar-refractivity contribution in [3.8, 4) is 33.6 Å². The summed E-state index contributed by atoms with van der Waals surface area (Å²) >= 11 is 0. The molecule has 3 nitrogen and oxygen atoms in total. The Labute approximate surface area is 311 Å². The zero-order valence-electron chi connectivity index (χ0n) is 28.8. The van der Waals surface area contributed by atoms with Crippen LogP contribution in [0.1, 0.15) is 36.1 Å². The molecule has 1 aliphatic rings. The van der Waals surface area contributed by atoms with E-state index in [0.717, 1.165) is 33.5 Å². The molecule has 1 aliphatic carbocycles. The molecule has 2 aromatic heterocycles. The molecule has 0 fully saturated rings. The van der Waals surface area contributed by atoms with Crippen LogP contribution in [0.15, 0.2) is 138 Å². The first-order valence-corrected chi connectivity index (χ1v) is 17.1. The van der Waals surface area contributed by atoms with Gasteiger partial charge in [0.2, 0.25) is 0 Å². The molecular formula is C47H34IrN2O-2. The van der Waals surface area contributed by atoms with Crippen molar-refractivity contribution in [1.82, 2.24) is 10.1 Å². The number of nitrogens with zero attached hydrogens (tertiary/aromatic N) is 2. The topological polar surface area (TPSA) is 38.9 Å². The van der Waals surface area contributed by atoms with Gasteiger partial charge in [-0.1, -0.05) is 138 Å². The van der Waals surface area contributed by atoms with E-state index in [4.69, 9.17) is 4.52 Å². The van der Waals surface area contributed by atoms with E-state index >= 15 is 0 Å². The Bertz CT molecular complexity index is 2740. The summed E-state index contributed by atoms with van der Waals surface area (Å²) in [5.41, 5.74) is 12.6. The van der Waals surface area contributed by atoms with E-state index in [1.54, 1.807) is 0 Å². The van der Waals surface area contributed by atoms with E-state index in [2.05, 4.69) is 147 Å². The van der Waals surface area contributed by atoms with Gasteiger partial charge in [-0.2, -0.15) is 0 Å². The van der Waals surface area contributed by atoms with Gasteiger partial charge in [-0.05, 0) is 63.9 Å². The third kappa shape index (κ3) is 5.30. The molecule has 2 heterocycles. The van der Waals surface area contributed by atoms with Crippen molar-refractivity contribution in [3.63, 3.8) is 0 Å². The van der Waals surface area contributed by atoms with Crippen LogP contribution in [0, 0.1) is 26.0 Å². The zero-order chi connectivity index (χ0) is 34.0. The standard InChI is InChI=1S/C25H14NO.C22H20N.Ir/c1-2-9-19-17(7-1)18-8-3-4-10-20(18)23-15-16(13-14-21(19)23)25-22-11-5-6-12-24(22)27-26-25;1-14-12-20(23-13-15(14)2)18-10-7-9-17-16-8-5-6-11-19(16)22(3,4)21(17)18;/h1-12,14-15H;5-9,11-13H,1-4H3;/q2*-1;. The Balaban J connectivity index is 0.000000146. The molecule has 0 aliphatic heterocycles. The van der Waals surface area contributed by atoms with Crippen LogP contribution in [0.5, 0.6) is 0 Å². The number of aryl methyl sites for hydroxylation is 2. The van der Waals surface area contributed by atoms with Crippen LogP contribution in [-0.2, 0) is 25.5 Å². The summed E-state index contributed by atoms with van der Waals surface area (Å²) in [5, 5.41) is 12.8. The van der Waals surface area contributed by atoms with Gasteiger partial charge < -0.3 is 9.51 Å². The average molecular weight is 835 g/mol. The van der Waals surface area contributed by atoms with Crippen LogP contribution in [0.3, 0.4) is 0 Å². The molecule has 0 amide bonds. The number of hydrogen-bond donors (Lipinski definition) is 0. The second-order valence-electron chi connectivity index (χ2n) is 13.8. The van der Waals surface area contributed by atoms with Crippen molar-refractivity contribution in [2.45, 2.75) is 33.1 Å². The number of benzene rings is 7. The van der Waals surface area contributed by atoms with Crippen molar-refractivity contribution < 1.29 is 24.6 Å². The molecule has 1 radical (unpaired) electrons. The quantitative estimate of drug-likeness (QED) is 0.129. The smallest absolute Gasteiger partial charge is 0.157 e.